The number of benzene rings is 2. The van der Waals surface area contributed by atoms with Crippen LogP contribution in [0.2, 0.25) is 0 Å². The Morgan fingerprint density at radius 2 is 1.91 bits per heavy atom. The molecule has 1 atom stereocenters. The fourth-order valence-corrected chi connectivity index (χ4v) is 3.83. The zero-order chi connectivity index (χ0) is 22.3. The van der Waals surface area contributed by atoms with E-state index in [0.29, 0.717) is 16.7 Å². The summed E-state index contributed by atoms with van der Waals surface area (Å²) in [6, 6.07) is 19.0. The quantitative estimate of drug-likeness (QED) is 0.375. The van der Waals surface area contributed by atoms with Gasteiger partial charge in [-0.15, -0.1) is 10.2 Å². The van der Waals surface area contributed by atoms with E-state index in [4.69, 9.17) is 9.15 Å². The van der Waals surface area contributed by atoms with Crippen molar-refractivity contribution in [1.29, 1.82) is 0 Å². The van der Waals surface area contributed by atoms with Crippen molar-refractivity contribution in [1.82, 2.24) is 20.1 Å². The Balaban J connectivity index is 1.48. The van der Waals surface area contributed by atoms with Gasteiger partial charge in [-0.05, 0) is 43.3 Å². The lowest BCUT2D eigenvalue weighted by Gasteiger charge is -2.13. The molecule has 32 heavy (non-hydrogen) atoms. The predicted octanol–water partition coefficient (Wildman–Crippen LogP) is 4.55. The van der Waals surface area contributed by atoms with Gasteiger partial charge < -0.3 is 14.5 Å². The van der Waals surface area contributed by atoms with Crippen molar-refractivity contribution in [3.8, 4) is 11.4 Å². The van der Waals surface area contributed by atoms with Gasteiger partial charge in [0.05, 0.1) is 18.1 Å². The summed E-state index contributed by atoms with van der Waals surface area (Å²) in [5.74, 6) is 0.843. The Kier molecular flexibility index (Phi) is 6.86. The van der Waals surface area contributed by atoms with Gasteiger partial charge in [0.15, 0.2) is 22.5 Å². The molecular formula is C23H21FN4O3S. The minimum atomic E-state index is -0.449. The molecule has 0 saturated carbocycles. The number of halogens is 1. The maximum Gasteiger partial charge on any atom is 0.231 e. The standard InChI is InChI=1S/C23H21FN4O3S/c1-16(19-12-7-13-30-19)25-22(29)15-32-23-27-26-21(28(23)17-8-3-2-4-9-17)14-31-20-11-6-5-10-18(20)24/h2-13,16H,14-15H2,1H3,(H,25,29)/t16-/m0/s1. The number of rotatable bonds is 9. The molecule has 2 heterocycles. The van der Waals surface area contributed by atoms with Crippen LogP contribution in [0.4, 0.5) is 4.39 Å². The van der Waals surface area contributed by atoms with E-state index in [2.05, 4.69) is 15.5 Å². The van der Waals surface area contributed by atoms with Gasteiger partial charge in [0.2, 0.25) is 5.91 Å². The molecule has 0 saturated heterocycles. The number of thioether (sulfide) groups is 1. The minimum Gasteiger partial charge on any atom is -0.483 e. The van der Waals surface area contributed by atoms with Crippen LogP contribution in [0, 0.1) is 5.82 Å². The van der Waals surface area contributed by atoms with Crippen LogP contribution >= 0.6 is 11.8 Å². The Bertz CT molecular complexity index is 1170. The number of ether oxygens (including phenoxy) is 1. The lowest BCUT2D eigenvalue weighted by molar-refractivity contribution is -0.119. The van der Waals surface area contributed by atoms with Crippen molar-refractivity contribution in [2.75, 3.05) is 5.75 Å². The molecule has 7 nitrogen and oxygen atoms in total. The molecule has 164 valence electrons. The molecule has 0 aliphatic heterocycles. The van der Waals surface area contributed by atoms with Crippen LogP contribution in [0.1, 0.15) is 24.6 Å². The first-order valence-electron chi connectivity index (χ1n) is 9.94. The Labute approximate surface area is 188 Å². The summed E-state index contributed by atoms with van der Waals surface area (Å²) in [4.78, 5) is 12.4. The van der Waals surface area contributed by atoms with E-state index in [1.54, 1.807) is 35.1 Å². The molecular weight excluding hydrogens is 431 g/mol. The average molecular weight is 453 g/mol. The van der Waals surface area contributed by atoms with Gasteiger partial charge in [0.1, 0.15) is 12.4 Å². The second kappa shape index (κ2) is 10.1. The van der Waals surface area contributed by atoms with Crippen molar-refractivity contribution in [3.05, 3.63) is 90.4 Å². The van der Waals surface area contributed by atoms with E-state index >= 15 is 0 Å². The van der Waals surface area contributed by atoms with Crippen molar-refractivity contribution >= 4 is 17.7 Å². The zero-order valence-corrected chi connectivity index (χ0v) is 18.1. The first-order chi connectivity index (χ1) is 15.6. The molecule has 1 N–H and O–H groups in total. The highest BCUT2D eigenvalue weighted by atomic mass is 32.2. The third-order valence-electron chi connectivity index (χ3n) is 4.59. The fraction of sp³-hybridized carbons (Fsp3) is 0.174. The molecule has 1 amide bonds. The molecule has 2 aromatic carbocycles. The van der Waals surface area contributed by atoms with E-state index in [9.17, 15) is 9.18 Å². The average Bonchev–Trinajstić information content (AvgIpc) is 3.48. The number of carbonyl (C=O) groups is 1. The highest BCUT2D eigenvalue weighted by Crippen LogP contribution is 2.24. The molecule has 0 aliphatic rings. The number of nitrogens with one attached hydrogen (secondary N) is 1. The van der Waals surface area contributed by atoms with Gasteiger partial charge in [-0.25, -0.2) is 4.39 Å². The summed E-state index contributed by atoms with van der Waals surface area (Å²) in [5.41, 5.74) is 0.816. The van der Waals surface area contributed by atoms with Crippen LogP contribution in [0.5, 0.6) is 5.75 Å². The summed E-state index contributed by atoms with van der Waals surface area (Å²) in [6.45, 7) is 1.87. The largest absolute Gasteiger partial charge is 0.483 e. The molecule has 0 bridgehead atoms. The van der Waals surface area contributed by atoms with Crippen LogP contribution < -0.4 is 10.1 Å². The molecule has 0 spiro atoms. The van der Waals surface area contributed by atoms with Crippen LogP contribution in [-0.4, -0.2) is 26.4 Å². The molecule has 4 rings (SSSR count). The Morgan fingerprint density at radius 3 is 2.66 bits per heavy atom. The summed E-state index contributed by atoms with van der Waals surface area (Å²) in [6.07, 6.45) is 1.57. The second-order valence-electron chi connectivity index (χ2n) is 6.88. The molecule has 0 aliphatic carbocycles. The van der Waals surface area contributed by atoms with Crippen LogP contribution in [0.3, 0.4) is 0 Å². The van der Waals surface area contributed by atoms with Crippen LogP contribution in [0.25, 0.3) is 5.69 Å². The number of hydrogen-bond acceptors (Lipinski definition) is 6. The summed E-state index contributed by atoms with van der Waals surface area (Å²) in [5, 5.41) is 11.9. The van der Waals surface area contributed by atoms with E-state index in [1.807, 2.05) is 43.3 Å². The maximum atomic E-state index is 13.9. The molecule has 9 heteroatoms. The van der Waals surface area contributed by atoms with E-state index in [-0.39, 0.29) is 30.1 Å². The number of furan rings is 1. The number of carbonyl (C=O) groups excluding carboxylic acids is 1. The van der Waals surface area contributed by atoms with Crippen molar-refractivity contribution in [3.63, 3.8) is 0 Å². The smallest absolute Gasteiger partial charge is 0.231 e. The molecule has 4 aromatic rings. The van der Waals surface area contributed by atoms with Gasteiger partial charge in [-0.2, -0.15) is 0 Å². The lowest BCUT2D eigenvalue weighted by Crippen LogP contribution is -2.28. The monoisotopic (exact) mass is 452 g/mol. The molecule has 0 unspecified atom stereocenters. The topological polar surface area (TPSA) is 82.2 Å². The molecule has 2 aromatic heterocycles. The Hall–Kier alpha value is -3.59. The van der Waals surface area contributed by atoms with Crippen molar-refractivity contribution < 1.29 is 18.3 Å². The SMILES string of the molecule is C[C@H](NC(=O)CSc1nnc(COc2ccccc2F)n1-c1ccccc1)c1ccco1. The minimum absolute atomic E-state index is 0.0190. The first kappa shape index (κ1) is 21.6. The van der Waals surface area contributed by atoms with Gasteiger partial charge in [-0.1, -0.05) is 42.1 Å². The fourth-order valence-electron chi connectivity index (χ4n) is 3.05. The number of amides is 1. The van der Waals surface area contributed by atoms with Crippen LogP contribution in [0.15, 0.2) is 82.6 Å². The van der Waals surface area contributed by atoms with E-state index in [0.717, 1.165) is 5.69 Å². The van der Waals surface area contributed by atoms with Crippen molar-refractivity contribution in [2.24, 2.45) is 0 Å². The second-order valence-corrected chi connectivity index (χ2v) is 7.82. The lowest BCUT2D eigenvalue weighted by atomic mass is 10.2. The predicted molar refractivity (Wildman–Crippen MR) is 118 cm³/mol. The molecule has 0 fully saturated rings. The summed E-state index contributed by atoms with van der Waals surface area (Å²) >= 11 is 1.25. The van der Waals surface area contributed by atoms with E-state index < -0.39 is 5.82 Å². The zero-order valence-electron chi connectivity index (χ0n) is 17.3. The van der Waals surface area contributed by atoms with Crippen LogP contribution in [-0.2, 0) is 11.4 Å². The third-order valence-corrected chi connectivity index (χ3v) is 5.52. The van der Waals surface area contributed by atoms with E-state index in [1.165, 1.54) is 17.8 Å². The normalized spacial score (nSPS) is 11.8. The number of hydrogen-bond donors (Lipinski definition) is 1. The number of para-hydroxylation sites is 2. The summed E-state index contributed by atoms with van der Waals surface area (Å²) < 4.78 is 26.7. The van der Waals surface area contributed by atoms with Crippen molar-refractivity contribution in [2.45, 2.75) is 24.7 Å². The van der Waals surface area contributed by atoms with Gasteiger partial charge in [-0.3, -0.25) is 9.36 Å². The highest BCUT2D eigenvalue weighted by Gasteiger charge is 2.18. The summed E-state index contributed by atoms with van der Waals surface area (Å²) in [7, 11) is 0. The number of aromatic nitrogens is 3. The Morgan fingerprint density at radius 1 is 1.12 bits per heavy atom. The highest BCUT2D eigenvalue weighted by molar-refractivity contribution is 7.99. The first-order valence-corrected chi connectivity index (χ1v) is 10.9. The number of nitrogens with zero attached hydrogens (tertiary/aromatic N) is 3. The van der Waals surface area contributed by atoms with Gasteiger partial charge in [0, 0.05) is 5.69 Å². The maximum absolute atomic E-state index is 13.9. The third kappa shape index (κ3) is 5.17. The van der Waals surface area contributed by atoms with Gasteiger partial charge >= 0.3 is 0 Å². The van der Waals surface area contributed by atoms with Gasteiger partial charge in [0.25, 0.3) is 0 Å². The molecule has 0 radical (unpaired) electrons.